The van der Waals surface area contributed by atoms with Crippen molar-refractivity contribution in [3.8, 4) is 6.07 Å². The Bertz CT molecular complexity index is 1340. The number of fused-ring (bicyclic) bond motifs is 1. The lowest BCUT2D eigenvalue weighted by molar-refractivity contribution is -0.167. The van der Waals surface area contributed by atoms with Crippen LogP contribution in [0, 0.1) is 17.2 Å². The topological polar surface area (TPSA) is 148 Å². The molecule has 1 amide bonds. The number of nitriles is 1. The molecule has 0 bridgehead atoms. The fourth-order valence-corrected chi connectivity index (χ4v) is 8.40. The van der Waals surface area contributed by atoms with Crippen molar-refractivity contribution in [1.82, 2.24) is 19.4 Å². The van der Waals surface area contributed by atoms with Gasteiger partial charge in [0.1, 0.15) is 18.6 Å². The number of nitrogens with zero attached hydrogens (tertiary/aromatic N) is 6. The third-order valence-corrected chi connectivity index (χ3v) is 10.9. The Hall–Kier alpha value is -3.31. The highest BCUT2D eigenvalue weighted by Crippen LogP contribution is 2.40. The number of piperidine rings is 1. The Morgan fingerprint density at radius 2 is 1.88 bits per heavy atom. The minimum atomic E-state index is -0.634. The van der Waals surface area contributed by atoms with Crippen LogP contribution >= 0.6 is 21.6 Å². The Kier molecular flexibility index (Phi) is 12.1. The van der Waals surface area contributed by atoms with Crippen molar-refractivity contribution in [3.05, 3.63) is 18.6 Å². The van der Waals surface area contributed by atoms with Crippen molar-refractivity contribution in [2.75, 3.05) is 37.6 Å². The average Bonchev–Trinajstić information content (AvgIpc) is 3.68. The van der Waals surface area contributed by atoms with Gasteiger partial charge in [0.25, 0.3) is 0 Å². The van der Waals surface area contributed by atoms with Crippen LogP contribution in [0.1, 0.15) is 69.5 Å². The number of rotatable bonds is 13. The molecule has 0 aliphatic carbocycles. The molecule has 0 N–H and O–H groups in total. The van der Waals surface area contributed by atoms with E-state index in [0.29, 0.717) is 35.2 Å². The third-order valence-electron chi connectivity index (χ3n) is 7.93. The van der Waals surface area contributed by atoms with Gasteiger partial charge in [0.15, 0.2) is 5.65 Å². The molecule has 43 heavy (non-hydrogen) atoms. The van der Waals surface area contributed by atoms with E-state index < -0.39 is 18.7 Å². The molecular formula is C29H38N6O6S2. The molecule has 4 rings (SSSR count). The standard InChI is InChI=1S/C29H38N6O6S2/c1-20-10-14-34(24(36)9-13-30)17-23(20)33(2)28-22-11-15-35(29(22)32-18-31-28)25(37)7-8-27(39)41-19-40-26(38)6-4-3-5-21-12-16-42-43-21/h11,15,18,20-21,23H,3-10,12,14,16-17,19H2,1-2H3/t20-,21?,23+/m1/s1. The number of likely N-dealkylation sites (N-methyl/N-ethyl adjacent to an activating group) is 1. The van der Waals surface area contributed by atoms with E-state index in [-0.39, 0.29) is 49.5 Å². The first-order valence-electron chi connectivity index (χ1n) is 14.6. The molecule has 2 aromatic heterocycles. The van der Waals surface area contributed by atoms with Crippen LogP contribution in [0.25, 0.3) is 11.0 Å². The van der Waals surface area contributed by atoms with E-state index in [2.05, 4.69) is 16.9 Å². The highest BCUT2D eigenvalue weighted by molar-refractivity contribution is 8.77. The van der Waals surface area contributed by atoms with Crippen LogP contribution in [0.3, 0.4) is 0 Å². The maximum absolute atomic E-state index is 13.0. The highest BCUT2D eigenvalue weighted by atomic mass is 33.1. The van der Waals surface area contributed by atoms with Gasteiger partial charge in [0, 0.05) is 50.2 Å². The Morgan fingerprint density at radius 3 is 2.63 bits per heavy atom. The van der Waals surface area contributed by atoms with Gasteiger partial charge in [-0.05, 0) is 37.7 Å². The minimum absolute atomic E-state index is 0.0346. The monoisotopic (exact) mass is 630 g/mol. The molecule has 2 saturated heterocycles. The van der Waals surface area contributed by atoms with E-state index >= 15 is 0 Å². The van der Waals surface area contributed by atoms with Crippen LogP contribution in [0.2, 0.25) is 0 Å². The molecular weight excluding hydrogens is 592 g/mol. The molecule has 2 aromatic rings. The summed E-state index contributed by atoms with van der Waals surface area (Å²) < 4.78 is 11.4. The summed E-state index contributed by atoms with van der Waals surface area (Å²) in [6.07, 6.45) is 7.68. The average molecular weight is 631 g/mol. The second-order valence-corrected chi connectivity index (χ2v) is 13.6. The van der Waals surface area contributed by atoms with Crippen molar-refractivity contribution in [2.24, 2.45) is 5.92 Å². The summed E-state index contributed by atoms with van der Waals surface area (Å²) in [5, 5.41) is 10.3. The van der Waals surface area contributed by atoms with Gasteiger partial charge >= 0.3 is 11.9 Å². The van der Waals surface area contributed by atoms with E-state index in [1.54, 1.807) is 17.2 Å². The summed E-state index contributed by atoms with van der Waals surface area (Å²) in [6, 6.07) is 3.65. The molecule has 4 heterocycles. The summed E-state index contributed by atoms with van der Waals surface area (Å²) in [6.45, 7) is 2.74. The van der Waals surface area contributed by atoms with Crippen molar-refractivity contribution in [1.29, 1.82) is 5.26 Å². The largest absolute Gasteiger partial charge is 0.428 e. The zero-order valence-electron chi connectivity index (χ0n) is 24.6. The zero-order valence-corrected chi connectivity index (χ0v) is 26.2. The quantitative estimate of drug-likeness (QED) is 0.135. The molecule has 0 saturated carbocycles. The molecule has 2 aliphatic heterocycles. The lowest BCUT2D eigenvalue weighted by Gasteiger charge is -2.42. The van der Waals surface area contributed by atoms with E-state index in [1.807, 2.05) is 39.6 Å². The normalized spacial score (nSPS) is 20.0. The van der Waals surface area contributed by atoms with Gasteiger partial charge in [-0.2, -0.15) is 5.26 Å². The fourth-order valence-electron chi connectivity index (χ4n) is 5.38. The molecule has 14 heteroatoms. The van der Waals surface area contributed by atoms with E-state index in [4.69, 9.17) is 14.7 Å². The predicted octanol–water partition coefficient (Wildman–Crippen LogP) is 4.20. The van der Waals surface area contributed by atoms with Gasteiger partial charge in [0.2, 0.25) is 18.6 Å². The number of amides is 1. The number of hydrogen-bond acceptors (Lipinski definition) is 12. The maximum Gasteiger partial charge on any atom is 0.309 e. The number of ether oxygens (including phenoxy) is 2. The number of aromatic nitrogens is 3. The molecule has 3 atom stereocenters. The molecule has 0 spiro atoms. The molecule has 12 nitrogen and oxygen atoms in total. The van der Waals surface area contributed by atoms with Crippen LogP contribution in [0.15, 0.2) is 18.6 Å². The van der Waals surface area contributed by atoms with Crippen LogP contribution in [-0.4, -0.2) is 87.2 Å². The van der Waals surface area contributed by atoms with Gasteiger partial charge in [-0.1, -0.05) is 34.9 Å². The van der Waals surface area contributed by atoms with Crippen LogP contribution in [0.4, 0.5) is 5.82 Å². The maximum atomic E-state index is 13.0. The van der Waals surface area contributed by atoms with Gasteiger partial charge in [-0.3, -0.25) is 23.7 Å². The first kappa shape index (κ1) is 32.6. The molecule has 1 unspecified atom stereocenters. The Morgan fingerprint density at radius 1 is 1.09 bits per heavy atom. The smallest absolute Gasteiger partial charge is 0.309 e. The predicted molar refractivity (Wildman–Crippen MR) is 164 cm³/mol. The summed E-state index contributed by atoms with van der Waals surface area (Å²) in [5.41, 5.74) is 0.412. The first-order chi connectivity index (χ1) is 20.8. The fraction of sp³-hybridized carbons (Fsp3) is 0.621. The lowest BCUT2D eigenvalue weighted by Crippen LogP contribution is -2.52. The van der Waals surface area contributed by atoms with Gasteiger partial charge in [-0.25, -0.2) is 9.97 Å². The van der Waals surface area contributed by atoms with Crippen LogP contribution < -0.4 is 4.90 Å². The van der Waals surface area contributed by atoms with Crippen molar-refractivity contribution in [2.45, 2.75) is 76.0 Å². The van der Waals surface area contributed by atoms with Gasteiger partial charge in [-0.15, -0.1) is 0 Å². The van der Waals surface area contributed by atoms with Crippen molar-refractivity contribution >= 4 is 62.2 Å². The number of unbranched alkanes of at least 4 members (excludes halogenated alkanes) is 1. The van der Waals surface area contributed by atoms with Crippen molar-refractivity contribution < 1.29 is 28.7 Å². The molecule has 0 radical (unpaired) electrons. The lowest BCUT2D eigenvalue weighted by atomic mass is 9.92. The van der Waals surface area contributed by atoms with Gasteiger partial charge in [0.05, 0.1) is 23.9 Å². The Balaban J connectivity index is 1.24. The van der Waals surface area contributed by atoms with E-state index in [9.17, 15) is 19.2 Å². The number of anilines is 1. The van der Waals surface area contributed by atoms with E-state index in [1.165, 1.54) is 23.1 Å². The van der Waals surface area contributed by atoms with E-state index in [0.717, 1.165) is 25.7 Å². The second kappa shape index (κ2) is 16.0. The molecule has 0 aromatic carbocycles. The molecule has 2 aliphatic rings. The molecule has 232 valence electrons. The first-order valence-corrected chi connectivity index (χ1v) is 17.0. The van der Waals surface area contributed by atoms with Crippen LogP contribution in [-0.2, 0) is 23.9 Å². The summed E-state index contributed by atoms with van der Waals surface area (Å²) in [7, 11) is 5.73. The number of hydrogen-bond donors (Lipinski definition) is 0. The Labute approximate surface area is 259 Å². The summed E-state index contributed by atoms with van der Waals surface area (Å²) in [5.74, 6) is 0.535. The number of likely N-dealkylation sites (tertiary alicyclic amines) is 1. The highest BCUT2D eigenvalue weighted by Gasteiger charge is 2.33. The van der Waals surface area contributed by atoms with Crippen molar-refractivity contribution in [3.63, 3.8) is 0 Å². The molecule has 2 fully saturated rings. The number of esters is 2. The number of carbonyl (C=O) groups is 4. The minimum Gasteiger partial charge on any atom is -0.428 e. The van der Waals surface area contributed by atoms with Crippen LogP contribution in [0.5, 0.6) is 0 Å². The second-order valence-electron chi connectivity index (χ2n) is 10.9. The third kappa shape index (κ3) is 8.86. The number of carbonyl (C=O) groups excluding carboxylic acids is 4. The zero-order chi connectivity index (χ0) is 30.8. The SMILES string of the molecule is C[C@@H]1CCN(C(=O)CC#N)C[C@@H]1N(C)c1ncnc2c1ccn2C(=O)CCC(=O)OCOC(=O)CCCCC1CCSS1. The summed E-state index contributed by atoms with van der Waals surface area (Å²) >= 11 is 0. The summed E-state index contributed by atoms with van der Waals surface area (Å²) in [4.78, 5) is 61.9. The van der Waals surface area contributed by atoms with Gasteiger partial charge < -0.3 is 19.3 Å².